The Kier molecular flexibility index (Phi) is 6.55. The molecular weight excluding hydrogens is 455 g/mol. The van der Waals surface area contributed by atoms with Crippen molar-refractivity contribution < 1.29 is 13.9 Å². The molecule has 0 spiro atoms. The van der Waals surface area contributed by atoms with Crippen molar-refractivity contribution in [2.24, 2.45) is 5.10 Å². The molecule has 0 radical (unpaired) electrons. The molecule has 1 N–H and O–H groups in total. The minimum atomic E-state index is -0.433. The Balaban J connectivity index is 1.51. The monoisotopic (exact) mass is 466 g/mol. The van der Waals surface area contributed by atoms with Crippen molar-refractivity contribution in [1.29, 1.82) is 0 Å². The van der Waals surface area contributed by atoms with Gasteiger partial charge in [-0.1, -0.05) is 51.3 Å². The number of rotatable bonds is 6. The molecule has 0 bridgehead atoms. The lowest BCUT2D eigenvalue weighted by Crippen LogP contribution is -2.24. The molecule has 0 aliphatic carbocycles. The van der Waals surface area contributed by atoms with Gasteiger partial charge in [-0.05, 0) is 42.5 Å². The van der Waals surface area contributed by atoms with Gasteiger partial charge in [0.1, 0.15) is 17.3 Å². The topological polar surface area (TPSA) is 63.8 Å². The Morgan fingerprint density at radius 1 is 1.15 bits per heavy atom. The molecule has 3 rings (SSSR count). The van der Waals surface area contributed by atoms with Crippen LogP contribution in [0.5, 0.6) is 5.75 Å². The van der Waals surface area contributed by atoms with E-state index in [1.807, 2.05) is 30.3 Å². The van der Waals surface area contributed by atoms with Crippen molar-refractivity contribution >= 4 is 51.3 Å². The molecule has 5 nitrogen and oxygen atoms in total. The molecule has 1 aromatic heterocycles. The van der Waals surface area contributed by atoms with Crippen molar-refractivity contribution in [3.63, 3.8) is 0 Å². The summed E-state index contributed by atoms with van der Waals surface area (Å²) in [5, 5.41) is 4.67. The predicted octanol–water partition coefficient (Wildman–Crippen LogP) is 5.55. The summed E-state index contributed by atoms with van der Waals surface area (Å²) in [4.78, 5) is 11.8. The first-order valence-corrected chi connectivity index (χ1v) is 9.32. The van der Waals surface area contributed by atoms with Crippen LogP contribution in [0.3, 0.4) is 0 Å². The van der Waals surface area contributed by atoms with E-state index >= 15 is 0 Å². The summed E-state index contributed by atoms with van der Waals surface area (Å²) in [5.74, 6) is 1.15. The van der Waals surface area contributed by atoms with Crippen LogP contribution in [0.25, 0.3) is 11.3 Å². The summed E-state index contributed by atoms with van der Waals surface area (Å²) in [6.07, 6.45) is 1.41. The number of halogens is 3. The first kappa shape index (κ1) is 19.5. The number of amides is 1. The minimum Gasteiger partial charge on any atom is -0.482 e. The van der Waals surface area contributed by atoms with Gasteiger partial charge in [-0.25, -0.2) is 5.43 Å². The van der Waals surface area contributed by atoms with Gasteiger partial charge in [0.2, 0.25) is 0 Å². The lowest BCUT2D eigenvalue weighted by Gasteiger charge is -2.06. The predicted molar refractivity (Wildman–Crippen MR) is 110 cm³/mol. The Morgan fingerprint density at radius 3 is 2.67 bits per heavy atom. The van der Waals surface area contributed by atoms with Crippen LogP contribution in [-0.4, -0.2) is 18.7 Å². The van der Waals surface area contributed by atoms with Gasteiger partial charge in [0.25, 0.3) is 5.91 Å². The number of nitrogens with zero attached hydrogens (tertiary/aromatic N) is 1. The fourth-order valence-corrected chi connectivity index (χ4v) is 2.85. The van der Waals surface area contributed by atoms with E-state index in [4.69, 9.17) is 32.4 Å². The molecule has 1 heterocycles. The van der Waals surface area contributed by atoms with E-state index in [1.165, 1.54) is 12.3 Å². The third-order valence-corrected chi connectivity index (χ3v) is 4.45. The summed E-state index contributed by atoms with van der Waals surface area (Å²) in [7, 11) is 0. The molecular formula is C19H13BrCl2N2O3. The molecule has 1 amide bonds. The van der Waals surface area contributed by atoms with E-state index in [0.717, 1.165) is 10.0 Å². The maximum absolute atomic E-state index is 11.8. The standard InChI is InChI=1S/C19H13BrCl2N2O3/c20-13-3-1-12(2-4-13)17-8-6-15(27-17)10-23-24-19(25)11-26-18-7-5-14(21)9-16(18)22/h1-10H,11H2,(H,24,25)/b23-10-. The number of carbonyl (C=O) groups excluding carboxylic acids is 1. The third kappa shape index (κ3) is 5.60. The van der Waals surface area contributed by atoms with Crippen molar-refractivity contribution in [2.45, 2.75) is 0 Å². The Morgan fingerprint density at radius 2 is 1.93 bits per heavy atom. The first-order valence-electron chi connectivity index (χ1n) is 7.77. The third-order valence-electron chi connectivity index (χ3n) is 3.39. The number of hydrazone groups is 1. The second kappa shape index (κ2) is 9.08. The normalized spacial score (nSPS) is 10.9. The van der Waals surface area contributed by atoms with Gasteiger partial charge in [0, 0.05) is 15.1 Å². The van der Waals surface area contributed by atoms with Gasteiger partial charge in [0.05, 0.1) is 11.2 Å². The summed E-state index contributed by atoms with van der Waals surface area (Å²) in [6, 6.07) is 16.1. The molecule has 27 heavy (non-hydrogen) atoms. The molecule has 8 heteroatoms. The second-order valence-corrected chi connectivity index (χ2v) is 7.12. The van der Waals surface area contributed by atoms with Crippen LogP contribution in [-0.2, 0) is 4.79 Å². The lowest BCUT2D eigenvalue weighted by molar-refractivity contribution is -0.123. The molecule has 0 aliphatic rings. The average molecular weight is 468 g/mol. The quantitative estimate of drug-likeness (QED) is 0.382. The van der Waals surface area contributed by atoms with E-state index < -0.39 is 5.91 Å². The van der Waals surface area contributed by atoms with Crippen molar-refractivity contribution in [3.8, 4) is 17.1 Å². The zero-order valence-electron chi connectivity index (χ0n) is 13.8. The molecule has 0 atom stereocenters. The van der Waals surface area contributed by atoms with E-state index in [2.05, 4.69) is 26.5 Å². The van der Waals surface area contributed by atoms with E-state index in [-0.39, 0.29) is 6.61 Å². The van der Waals surface area contributed by atoms with Gasteiger partial charge in [0.15, 0.2) is 6.61 Å². The highest BCUT2D eigenvalue weighted by Gasteiger charge is 2.06. The van der Waals surface area contributed by atoms with Crippen molar-refractivity contribution in [1.82, 2.24) is 5.43 Å². The molecule has 138 valence electrons. The second-order valence-electron chi connectivity index (χ2n) is 5.37. The number of hydrogen-bond acceptors (Lipinski definition) is 4. The van der Waals surface area contributed by atoms with E-state index in [0.29, 0.717) is 27.3 Å². The highest BCUT2D eigenvalue weighted by Crippen LogP contribution is 2.27. The highest BCUT2D eigenvalue weighted by molar-refractivity contribution is 9.10. The maximum atomic E-state index is 11.8. The first-order chi connectivity index (χ1) is 13.0. The number of benzene rings is 2. The van der Waals surface area contributed by atoms with Gasteiger partial charge in [-0.2, -0.15) is 5.10 Å². The summed E-state index contributed by atoms with van der Waals surface area (Å²) < 4.78 is 12.0. The maximum Gasteiger partial charge on any atom is 0.277 e. The zero-order chi connectivity index (χ0) is 19.2. The fourth-order valence-electron chi connectivity index (χ4n) is 2.13. The van der Waals surface area contributed by atoms with Crippen LogP contribution in [0.4, 0.5) is 0 Å². The van der Waals surface area contributed by atoms with E-state index in [9.17, 15) is 4.79 Å². The molecule has 0 saturated heterocycles. The van der Waals surface area contributed by atoms with Crippen LogP contribution in [0.2, 0.25) is 10.0 Å². The summed E-state index contributed by atoms with van der Waals surface area (Å²) in [5.41, 5.74) is 3.30. The van der Waals surface area contributed by atoms with Gasteiger partial charge >= 0.3 is 0 Å². The van der Waals surface area contributed by atoms with Crippen molar-refractivity contribution in [3.05, 3.63) is 74.9 Å². The van der Waals surface area contributed by atoms with Crippen molar-refractivity contribution in [2.75, 3.05) is 6.61 Å². The molecule has 2 aromatic carbocycles. The minimum absolute atomic E-state index is 0.235. The van der Waals surface area contributed by atoms with Crippen LogP contribution in [0.15, 0.2) is 68.6 Å². The Labute approximate surface area is 174 Å². The average Bonchev–Trinajstić information content (AvgIpc) is 3.10. The van der Waals surface area contributed by atoms with E-state index in [1.54, 1.807) is 18.2 Å². The number of hydrogen-bond donors (Lipinski definition) is 1. The molecule has 0 unspecified atom stereocenters. The molecule has 0 aliphatic heterocycles. The van der Waals surface area contributed by atoms with Gasteiger partial charge < -0.3 is 9.15 Å². The van der Waals surface area contributed by atoms with Crippen LogP contribution in [0.1, 0.15) is 5.76 Å². The highest BCUT2D eigenvalue weighted by atomic mass is 79.9. The Hall–Kier alpha value is -2.28. The molecule has 0 fully saturated rings. The van der Waals surface area contributed by atoms with Gasteiger partial charge in [-0.15, -0.1) is 0 Å². The largest absolute Gasteiger partial charge is 0.482 e. The zero-order valence-corrected chi connectivity index (χ0v) is 16.9. The smallest absolute Gasteiger partial charge is 0.277 e. The summed E-state index contributed by atoms with van der Waals surface area (Å²) in [6.45, 7) is -0.235. The number of ether oxygens (including phenoxy) is 1. The number of furan rings is 1. The van der Waals surface area contributed by atoms with Crippen LogP contribution in [0, 0.1) is 0 Å². The van der Waals surface area contributed by atoms with Crippen LogP contribution < -0.4 is 10.2 Å². The molecule has 3 aromatic rings. The van der Waals surface area contributed by atoms with Gasteiger partial charge in [-0.3, -0.25) is 4.79 Å². The molecule has 0 saturated carbocycles. The number of carbonyl (C=O) groups is 1. The lowest BCUT2D eigenvalue weighted by atomic mass is 10.2. The SMILES string of the molecule is O=C(COc1ccc(Cl)cc1Cl)N/N=C\c1ccc(-c2ccc(Br)cc2)o1. The van der Waals surface area contributed by atoms with Crippen LogP contribution >= 0.6 is 39.1 Å². The fraction of sp³-hybridized carbons (Fsp3) is 0.0526. The number of nitrogens with one attached hydrogen (secondary N) is 1. The summed E-state index contributed by atoms with van der Waals surface area (Å²) >= 11 is 15.2. The Bertz CT molecular complexity index is 971.